The lowest BCUT2D eigenvalue weighted by molar-refractivity contribution is -0.124. The number of nitrogens with one attached hydrogen (secondary N) is 1. The molecule has 0 bridgehead atoms. The summed E-state index contributed by atoms with van der Waals surface area (Å²) in [5.74, 6) is 1.40. The number of fused-ring (bicyclic) bond motifs is 1. The molecule has 2 heterocycles. The minimum absolute atomic E-state index is 0.0777. The van der Waals surface area contributed by atoms with Crippen LogP contribution < -0.4 is 14.8 Å². The Hall–Kier alpha value is -2.50. The van der Waals surface area contributed by atoms with Gasteiger partial charge in [-0.3, -0.25) is 9.48 Å². The van der Waals surface area contributed by atoms with E-state index in [4.69, 9.17) is 9.47 Å². The van der Waals surface area contributed by atoms with Gasteiger partial charge in [-0.05, 0) is 37.6 Å². The van der Waals surface area contributed by atoms with Crippen molar-refractivity contribution in [3.05, 3.63) is 42.2 Å². The molecule has 22 heavy (non-hydrogen) atoms. The van der Waals surface area contributed by atoms with Crippen LogP contribution in [-0.4, -0.2) is 28.9 Å². The summed E-state index contributed by atoms with van der Waals surface area (Å²) in [6.07, 6.45) is 3.44. The Morgan fingerprint density at radius 1 is 1.27 bits per heavy atom. The van der Waals surface area contributed by atoms with Crippen LogP contribution >= 0.6 is 0 Å². The molecule has 2 atom stereocenters. The standard InChI is InChI=1S/C16H19N3O3/c1-11(18-16(20)12(2)19-7-3-6-17-19)13-4-5-14-15(10-13)22-9-8-21-14/h3-7,10-12H,8-9H2,1-2H3,(H,18,20)/t11-,12+/m0/s1. The molecule has 0 aliphatic carbocycles. The molecule has 3 rings (SSSR count). The van der Waals surface area contributed by atoms with Crippen molar-refractivity contribution >= 4 is 5.91 Å². The first-order valence-electron chi connectivity index (χ1n) is 7.34. The van der Waals surface area contributed by atoms with Gasteiger partial charge in [-0.1, -0.05) is 6.07 Å². The minimum atomic E-state index is -0.352. The second-order valence-electron chi connectivity index (χ2n) is 5.30. The van der Waals surface area contributed by atoms with E-state index in [0.29, 0.717) is 13.2 Å². The van der Waals surface area contributed by atoms with Crippen LogP contribution in [0.3, 0.4) is 0 Å². The molecule has 0 unspecified atom stereocenters. The molecule has 0 radical (unpaired) electrons. The molecule has 0 saturated heterocycles. The summed E-state index contributed by atoms with van der Waals surface area (Å²) in [6.45, 7) is 4.88. The van der Waals surface area contributed by atoms with Gasteiger partial charge in [0, 0.05) is 12.4 Å². The lowest BCUT2D eigenvalue weighted by Gasteiger charge is -2.22. The van der Waals surface area contributed by atoms with E-state index in [1.54, 1.807) is 23.1 Å². The summed E-state index contributed by atoms with van der Waals surface area (Å²) < 4.78 is 12.7. The number of rotatable bonds is 4. The zero-order valence-electron chi connectivity index (χ0n) is 12.7. The summed E-state index contributed by atoms with van der Waals surface area (Å²) in [6, 6.07) is 7.06. The smallest absolute Gasteiger partial charge is 0.245 e. The molecule has 1 N–H and O–H groups in total. The highest BCUT2D eigenvalue weighted by Crippen LogP contribution is 2.32. The normalized spacial score (nSPS) is 15.9. The van der Waals surface area contributed by atoms with Gasteiger partial charge in [0.25, 0.3) is 0 Å². The first-order chi connectivity index (χ1) is 10.6. The lowest BCUT2D eigenvalue weighted by atomic mass is 10.1. The number of nitrogens with zero attached hydrogens (tertiary/aromatic N) is 2. The Balaban J connectivity index is 1.69. The number of carbonyl (C=O) groups excluding carboxylic acids is 1. The Bertz CT molecular complexity index is 655. The minimum Gasteiger partial charge on any atom is -0.486 e. The number of hydrogen-bond donors (Lipinski definition) is 1. The van der Waals surface area contributed by atoms with Crippen LogP contribution in [0.15, 0.2) is 36.7 Å². The van der Waals surface area contributed by atoms with Crippen molar-refractivity contribution in [1.29, 1.82) is 0 Å². The van der Waals surface area contributed by atoms with E-state index < -0.39 is 0 Å². The van der Waals surface area contributed by atoms with Gasteiger partial charge in [-0.15, -0.1) is 0 Å². The number of aromatic nitrogens is 2. The molecule has 1 aliphatic rings. The number of carbonyl (C=O) groups is 1. The van der Waals surface area contributed by atoms with Crippen molar-refractivity contribution in [2.45, 2.75) is 25.9 Å². The van der Waals surface area contributed by atoms with E-state index in [1.807, 2.05) is 32.0 Å². The van der Waals surface area contributed by atoms with Crippen LogP contribution in [0.5, 0.6) is 11.5 Å². The summed E-state index contributed by atoms with van der Waals surface area (Å²) in [7, 11) is 0. The average Bonchev–Trinajstić information content (AvgIpc) is 3.08. The number of ether oxygens (including phenoxy) is 2. The highest BCUT2D eigenvalue weighted by Gasteiger charge is 2.19. The van der Waals surface area contributed by atoms with Gasteiger partial charge < -0.3 is 14.8 Å². The number of benzene rings is 1. The molecular formula is C16H19N3O3. The first kappa shape index (κ1) is 14.4. The summed E-state index contributed by atoms with van der Waals surface area (Å²) in [4.78, 5) is 12.3. The summed E-state index contributed by atoms with van der Waals surface area (Å²) >= 11 is 0. The van der Waals surface area contributed by atoms with Crippen molar-refractivity contribution in [3.63, 3.8) is 0 Å². The molecule has 0 spiro atoms. The fraction of sp³-hybridized carbons (Fsp3) is 0.375. The second-order valence-corrected chi connectivity index (χ2v) is 5.30. The van der Waals surface area contributed by atoms with Crippen LogP contribution in [0.2, 0.25) is 0 Å². The predicted octanol–water partition coefficient (Wildman–Crippen LogP) is 2.09. The Labute approximate surface area is 129 Å². The van der Waals surface area contributed by atoms with Gasteiger partial charge in [-0.2, -0.15) is 5.10 Å². The molecule has 6 heteroatoms. The third-order valence-electron chi connectivity index (χ3n) is 3.73. The maximum atomic E-state index is 12.3. The van der Waals surface area contributed by atoms with Crippen molar-refractivity contribution in [2.75, 3.05) is 13.2 Å². The van der Waals surface area contributed by atoms with Crippen LogP contribution in [-0.2, 0) is 4.79 Å². The fourth-order valence-electron chi connectivity index (χ4n) is 2.38. The molecule has 2 aromatic rings. The molecule has 0 saturated carbocycles. The van der Waals surface area contributed by atoms with E-state index in [-0.39, 0.29) is 18.0 Å². The molecule has 1 aromatic heterocycles. The van der Waals surface area contributed by atoms with Crippen molar-refractivity contribution in [1.82, 2.24) is 15.1 Å². The quantitative estimate of drug-likeness (QED) is 0.939. The topological polar surface area (TPSA) is 65.4 Å². The Morgan fingerprint density at radius 3 is 2.77 bits per heavy atom. The molecule has 1 amide bonds. The van der Waals surface area contributed by atoms with Gasteiger partial charge in [0.1, 0.15) is 19.3 Å². The van der Waals surface area contributed by atoms with E-state index in [0.717, 1.165) is 17.1 Å². The van der Waals surface area contributed by atoms with Crippen LogP contribution in [0.1, 0.15) is 31.5 Å². The van der Waals surface area contributed by atoms with E-state index in [1.165, 1.54) is 0 Å². The summed E-state index contributed by atoms with van der Waals surface area (Å²) in [5, 5.41) is 7.09. The highest BCUT2D eigenvalue weighted by atomic mass is 16.6. The molecule has 1 aromatic carbocycles. The third-order valence-corrected chi connectivity index (χ3v) is 3.73. The SMILES string of the molecule is C[C@H](NC(=O)[C@@H](C)n1cccn1)c1ccc2c(c1)OCCO2. The van der Waals surface area contributed by atoms with Gasteiger partial charge >= 0.3 is 0 Å². The molecule has 1 aliphatic heterocycles. The van der Waals surface area contributed by atoms with E-state index in [2.05, 4.69) is 10.4 Å². The van der Waals surface area contributed by atoms with Crippen LogP contribution in [0.4, 0.5) is 0 Å². The van der Waals surface area contributed by atoms with Gasteiger partial charge in [-0.25, -0.2) is 0 Å². The van der Waals surface area contributed by atoms with E-state index in [9.17, 15) is 4.79 Å². The third kappa shape index (κ3) is 2.90. The maximum Gasteiger partial charge on any atom is 0.245 e. The van der Waals surface area contributed by atoms with Gasteiger partial charge in [0.15, 0.2) is 11.5 Å². The zero-order valence-corrected chi connectivity index (χ0v) is 12.7. The average molecular weight is 301 g/mol. The van der Waals surface area contributed by atoms with Gasteiger partial charge in [0.05, 0.1) is 6.04 Å². The van der Waals surface area contributed by atoms with Crippen molar-refractivity contribution < 1.29 is 14.3 Å². The number of amides is 1. The molecule has 6 nitrogen and oxygen atoms in total. The number of hydrogen-bond acceptors (Lipinski definition) is 4. The Morgan fingerprint density at radius 2 is 2.05 bits per heavy atom. The van der Waals surface area contributed by atoms with Crippen LogP contribution in [0, 0.1) is 0 Å². The monoisotopic (exact) mass is 301 g/mol. The van der Waals surface area contributed by atoms with Crippen molar-refractivity contribution in [2.24, 2.45) is 0 Å². The van der Waals surface area contributed by atoms with E-state index >= 15 is 0 Å². The molecule has 116 valence electrons. The Kier molecular flexibility index (Phi) is 4.00. The fourth-order valence-corrected chi connectivity index (χ4v) is 2.38. The largest absolute Gasteiger partial charge is 0.486 e. The van der Waals surface area contributed by atoms with Gasteiger partial charge in [0.2, 0.25) is 5.91 Å². The van der Waals surface area contributed by atoms with Crippen LogP contribution in [0.25, 0.3) is 0 Å². The molecule has 0 fully saturated rings. The summed E-state index contributed by atoms with van der Waals surface area (Å²) in [5.41, 5.74) is 0.977. The molecular weight excluding hydrogens is 282 g/mol. The van der Waals surface area contributed by atoms with Crippen molar-refractivity contribution in [3.8, 4) is 11.5 Å². The maximum absolute atomic E-state index is 12.3. The first-order valence-corrected chi connectivity index (χ1v) is 7.34. The highest BCUT2D eigenvalue weighted by molar-refractivity contribution is 5.80. The zero-order chi connectivity index (χ0) is 15.5. The lowest BCUT2D eigenvalue weighted by Crippen LogP contribution is -2.33. The predicted molar refractivity (Wildman–Crippen MR) is 80.9 cm³/mol. The second kappa shape index (κ2) is 6.09.